The van der Waals surface area contributed by atoms with Crippen molar-refractivity contribution in [2.45, 2.75) is 30.8 Å². The van der Waals surface area contributed by atoms with E-state index in [0.29, 0.717) is 23.1 Å². The number of carbonyl (C=O) groups excluding carboxylic acids is 3. The fourth-order valence-corrected chi connectivity index (χ4v) is 6.57. The van der Waals surface area contributed by atoms with Crippen molar-refractivity contribution >= 4 is 40.1 Å². The number of nitrogens with zero attached hydrogens (tertiary/aromatic N) is 1. The average Bonchev–Trinajstić information content (AvgIpc) is 3.56. The Morgan fingerprint density at radius 2 is 1.59 bits per heavy atom. The number of nitrogens with one attached hydrogen (secondary N) is 2. The second-order valence-electron chi connectivity index (χ2n) is 9.93. The molecule has 2 N–H and O–H groups in total. The maximum atomic E-state index is 14.4. The third-order valence-corrected chi connectivity index (χ3v) is 8.45. The van der Waals surface area contributed by atoms with Crippen molar-refractivity contribution in [2.24, 2.45) is 5.92 Å². The van der Waals surface area contributed by atoms with Crippen LogP contribution >= 0.6 is 11.8 Å². The predicted molar refractivity (Wildman–Crippen MR) is 146 cm³/mol. The number of rotatable bonds is 6. The van der Waals surface area contributed by atoms with Gasteiger partial charge in [-0.2, -0.15) is 11.8 Å². The highest BCUT2D eigenvalue weighted by atomic mass is 32.2. The van der Waals surface area contributed by atoms with Crippen LogP contribution in [0, 0.1) is 12.8 Å². The lowest BCUT2D eigenvalue weighted by atomic mass is 9.70. The van der Waals surface area contributed by atoms with Gasteiger partial charge in [0.1, 0.15) is 0 Å². The van der Waals surface area contributed by atoms with Crippen molar-refractivity contribution in [2.75, 3.05) is 12.0 Å². The van der Waals surface area contributed by atoms with Crippen LogP contribution in [0.3, 0.4) is 0 Å². The van der Waals surface area contributed by atoms with Gasteiger partial charge in [0, 0.05) is 23.1 Å². The third kappa shape index (κ3) is 3.60. The summed E-state index contributed by atoms with van der Waals surface area (Å²) in [7, 11) is 0. The normalized spacial score (nSPS) is 22.2. The largest absolute Gasteiger partial charge is 0.335 e. The van der Waals surface area contributed by atoms with E-state index in [1.54, 1.807) is 36.0 Å². The molecule has 2 heterocycles. The molecule has 186 valence electrons. The van der Waals surface area contributed by atoms with Gasteiger partial charge < -0.3 is 4.98 Å². The van der Waals surface area contributed by atoms with Crippen LogP contribution in [-0.4, -0.2) is 50.9 Å². The van der Waals surface area contributed by atoms with Crippen molar-refractivity contribution in [1.82, 2.24) is 15.3 Å². The molecule has 3 atom stereocenters. The molecule has 4 aromatic rings. The van der Waals surface area contributed by atoms with Crippen LogP contribution in [0.25, 0.3) is 11.0 Å². The molecule has 1 spiro atoms. The topological polar surface area (TPSA) is 91.9 Å². The van der Waals surface area contributed by atoms with Crippen LogP contribution in [-0.2, 0) is 0 Å². The Bertz CT molecular complexity index is 1470. The Labute approximate surface area is 219 Å². The quantitative estimate of drug-likeness (QED) is 0.281. The second kappa shape index (κ2) is 9.08. The van der Waals surface area contributed by atoms with E-state index >= 15 is 0 Å². The van der Waals surface area contributed by atoms with Crippen LogP contribution in [0.5, 0.6) is 0 Å². The first kappa shape index (κ1) is 23.8. The Morgan fingerprint density at radius 3 is 2.24 bits per heavy atom. The second-order valence-corrected chi connectivity index (χ2v) is 10.9. The van der Waals surface area contributed by atoms with Gasteiger partial charge in [0.15, 0.2) is 22.9 Å². The minimum atomic E-state index is -1.67. The SMILES string of the molecule is CSCCC1NC2(C(=O)c3ccccc3C2=O)C(C(=O)c2nc3ccccc3[nH]2)C1c1ccc(C)cc1. The fraction of sp³-hybridized carbons (Fsp3) is 0.267. The summed E-state index contributed by atoms with van der Waals surface area (Å²) in [6.45, 7) is 2.01. The minimum Gasteiger partial charge on any atom is -0.335 e. The van der Waals surface area contributed by atoms with Crippen LogP contribution in [0.15, 0.2) is 72.8 Å². The zero-order chi connectivity index (χ0) is 25.7. The summed E-state index contributed by atoms with van der Waals surface area (Å²) in [6, 6.07) is 22.2. The Morgan fingerprint density at radius 1 is 0.946 bits per heavy atom. The number of imidazole rings is 1. The van der Waals surface area contributed by atoms with Gasteiger partial charge in [-0.25, -0.2) is 4.98 Å². The van der Waals surface area contributed by atoms with Gasteiger partial charge in [-0.05, 0) is 43.0 Å². The molecule has 37 heavy (non-hydrogen) atoms. The molecule has 1 saturated heterocycles. The number of Topliss-reactive ketones (excluding diaryl/α,β-unsaturated/α-hetero) is 3. The van der Waals surface area contributed by atoms with E-state index in [1.165, 1.54) is 0 Å². The molecule has 0 saturated carbocycles. The summed E-state index contributed by atoms with van der Waals surface area (Å²) in [6.07, 6.45) is 2.74. The van der Waals surface area contributed by atoms with Crippen LogP contribution in [0.2, 0.25) is 0 Å². The number of benzene rings is 3. The van der Waals surface area contributed by atoms with Crippen LogP contribution < -0.4 is 5.32 Å². The predicted octanol–water partition coefficient (Wildman–Crippen LogP) is 5.00. The van der Waals surface area contributed by atoms with Crippen molar-refractivity contribution < 1.29 is 14.4 Å². The molecule has 1 fully saturated rings. The standard InChI is InChI=1S/C30H27N3O3S/c1-17-11-13-18(14-12-17)24-23(15-16-37-2)33-30(27(35)19-7-3-4-8-20(19)28(30)36)25(24)26(34)29-31-21-9-5-6-10-22(21)32-29/h3-14,23-25,33H,15-16H2,1-2H3,(H,31,32). The summed E-state index contributed by atoms with van der Waals surface area (Å²) in [4.78, 5) is 50.4. The van der Waals surface area contributed by atoms with E-state index in [2.05, 4.69) is 15.3 Å². The fourth-order valence-electron chi connectivity index (χ4n) is 6.08. The van der Waals surface area contributed by atoms with Gasteiger partial charge in [-0.15, -0.1) is 0 Å². The number of para-hydroxylation sites is 2. The summed E-state index contributed by atoms with van der Waals surface area (Å²) in [5, 5.41) is 3.47. The third-order valence-electron chi connectivity index (χ3n) is 7.81. The van der Waals surface area contributed by atoms with E-state index in [9.17, 15) is 14.4 Å². The number of hydrogen-bond donors (Lipinski definition) is 2. The molecule has 3 unspecified atom stereocenters. The zero-order valence-corrected chi connectivity index (χ0v) is 21.5. The molecular formula is C30H27N3O3S. The van der Waals surface area contributed by atoms with Gasteiger partial charge >= 0.3 is 0 Å². The lowest BCUT2D eigenvalue weighted by molar-refractivity contribution is 0.0653. The Hall–Kier alpha value is -3.55. The molecule has 1 aliphatic heterocycles. The number of aryl methyl sites for hydroxylation is 1. The molecule has 0 amide bonds. The molecule has 0 radical (unpaired) electrons. The van der Waals surface area contributed by atoms with Gasteiger partial charge in [0.05, 0.1) is 17.0 Å². The van der Waals surface area contributed by atoms with Crippen molar-refractivity contribution in [1.29, 1.82) is 0 Å². The van der Waals surface area contributed by atoms with Crippen molar-refractivity contribution in [3.63, 3.8) is 0 Å². The summed E-state index contributed by atoms with van der Waals surface area (Å²) >= 11 is 1.70. The van der Waals surface area contributed by atoms with E-state index in [0.717, 1.165) is 22.4 Å². The van der Waals surface area contributed by atoms with E-state index in [-0.39, 0.29) is 35.1 Å². The lowest BCUT2D eigenvalue weighted by Gasteiger charge is -2.29. The molecule has 3 aromatic carbocycles. The maximum absolute atomic E-state index is 14.4. The molecule has 1 aromatic heterocycles. The van der Waals surface area contributed by atoms with E-state index < -0.39 is 11.5 Å². The summed E-state index contributed by atoms with van der Waals surface area (Å²) in [5.74, 6) is -1.30. The number of aromatic amines is 1. The number of hydrogen-bond acceptors (Lipinski definition) is 6. The molecule has 7 heteroatoms. The van der Waals surface area contributed by atoms with Crippen molar-refractivity contribution in [3.8, 4) is 0 Å². The Balaban J connectivity index is 1.56. The van der Waals surface area contributed by atoms with Crippen LogP contribution in [0.4, 0.5) is 0 Å². The first-order chi connectivity index (χ1) is 18.0. The Kier molecular flexibility index (Phi) is 5.85. The number of fused-ring (bicyclic) bond motifs is 2. The smallest absolute Gasteiger partial charge is 0.204 e. The van der Waals surface area contributed by atoms with Gasteiger partial charge in [-0.1, -0.05) is 66.2 Å². The molecule has 0 bridgehead atoms. The van der Waals surface area contributed by atoms with E-state index in [4.69, 9.17) is 0 Å². The number of carbonyl (C=O) groups is 3. The average molecular weight is 510 g/mol. The molecule has 2 aliphatic rings. The van der Waals surface area contributed by atoms with Gasteiger partial charge in [-0.3, -0.25) is 19.7 Å². The minimum absolute atomic E-state index is 0.173. The first-order valence-corrected chi connectivity index (χ1v) is 13.9. The number of H-pyrrole nitrogens is 1. The van der Waals surface area contributed by atoms with E-state index in [1.807, 2.05) is 61.7 Å². The van der Waals surface area contributed by atoms with Gasteiger partial charge in [0.25, 0.3) is 0 Å². The number of ketones is 3. The molecule has 6 rings (SSSR count). The zero-order valence-electron chi connectivity index (χ0n) is 20.7. The highest BCUT2D eigenvalue weighted by Gasteiger charge is 2.67. The highest BCUT2D eigenvalue weighted by molar-refractivity contribution is 7.98. The molecular weight excluding hydrogens is 482 g/mol. The number of thioether (sulfide) groups is 1. The lowest BCUT2D eigenvalue weighted by Crippen LogP contribution is -2.58. The molecule has 1 aliphatic carbocycles. The van der Waals surface area contributed by atoms with Crippen LogP contribution in [0.1, 0.15) is 54.8 Å². The monoisotopic (exact) mass is 509 g/mol. The summed E-state index contributed by atoms with van der Waals surface area (Å²) in [5.41, 5.74) is 2.52. The maximum Gasteiger partial charge on any atom is 0.204 e. The van der Waals surface area contributed by atoms with Crippen molar-refractivity contribution in [3.05, 3.63) is 101 Å². The summed E-state index contributed by atoms with van der Waals surface area (Å²) < 4.78 is 0. The highest BCUT2D eigenvalue weighted by Crippen LogP contribution is 2.50. The molecule has 6 nitrogen and oxygen atoms in total. The first-order valence-electron chi connectivity index (χ1n) is 12.5. The van der Waals surface area contributed by atoms with Gasteiger partial charge in [0.2, 0.25) is 5.78 Å². The number of aromatic nitrogens is 2.